The Morgan fingerprint density at radius 1 is 1.28 bits per heavy atom. The number of rotatable bonds is 1. The van der Waals surface area contributed by atoms with E-state index in [2.05, 4.69) is 31.2 Å². The highest BCUT2D eigenvalue weighted by Crippen LogP contribution is 2.29. The lowest BCUT2D eigenvalue weighted by atomic mass is 10.2. The van der Waals surface area contributed by atoms with Crippen molar-refractivity contribution in [2.45, 2.75) is 13.8 Å². The summed E-state index contributed by atoms with van der Waals surface area (Å²) in [5.74, 6) is 0.593. The minimum atomic E-state index is 0.445. The van der Waals surface area contributed by atoms with E-state index in [9.17, 15) is 0 Å². The third kappa shape index (κ3) is 1.56. The lowest BCUT2D eigenvalue weighted by Crippen LogP contribution is -2.00. The maximum absolute atomic E-state index is 6.10. The van der Waals surface area contributed by atoms with Gasteiger partial charge in [0.2, 0.25) is 0 Å². The smallest absolute Gasteiger partial charge is 0.189 e. The van der Waals surface area contributed by atoms with Crippen molar-refractivity contribution in [2.24, 2.45) is 0 Å². The number of hydrogen-bond donors (Lipinski definition) is 0. The molecular formula is C11H8BrClN4O. The van der Waals surface area contributed by atoms with E-state index in [0.717, 1.165) is 16.7 Å². The Hall–Kier alpha value is -1.40. The first-order chi connectivity index (χ1) is 8.59. The fourth-order valence-corrected chi connectivity index (χ4v) is 2.35. The molecule has 0 aliphatic rings. The van der Waals surface area contributed by atoms with Gasteiger partial charge < -0.3 is 4.42 Å². The second-order valence-electron chi connectivity index (χ2n) is 3.91. The first-order valence-corrected chi connectivity index (χ1v) is 6.38. The van der Waals surface area contributed by atoms with Gasteiger partial charge in [0.05, 0.1) is 11.8 Å². The van der Waals surface area contributed by atoms with Gasteiger partial charge in [0.25, 0.3) is 0 Å². The summed E-state index contributed by atoms with van der Waals surface area (Å²) < 4.78 is 7.41. The topological polar surface area (TPSA) is 56.2 Å². The highest BCUT2D eigenvalue weighted by Gasteiger charge is 2.17. The molecule has 0 aromatic carbocycles. The van der Waals surface area contributed by atoms with E-state index in [1.54, 1.807) is 16.8 Å². The van der Waals surface area contributed by atoms with Crippen LogP contribution in [0.15, 0.2) is 21.4 Å². The largest absolute Gasteiger partial charge is 0.457 e. The Balaban J connectivity index is 2.37. The molecule has 7 heteroatoms. The molecule has 0 fully saturated rings. The molecule has 92 valence electrons. The van der Waals surface area contributed by atoms with Gasteiger partial charge in [0.1, 0.15) is 0 Å². The average Bonchev–Trinajstić information content (AvgIpc) is 2.92. The highest BCUT2D eigenvalue weighted by molar-refractivity contribution is 9.10. The van der Waals surface area contributed by atoms with Crippen LogP contribution in [0.1, 0.15) is 11.1 Å². The van der Waals surface area contributed by atoms with Crippen molar-refractivity contribution in [3.63, 3.8) is 0 Å². The highest BCUT2D eigenvalue weighted by atomic mass is 79.9. The molecular weight excluding hydrogens is 320 g/mol. The van der Waals surface area contributed by atoms with E-state index in [-0.39, 0.29) is 0 Å². The Kier molecular flexibility index (Phi) is 2.64. The molecule has 3 aromatic heterocycles. The van der Waals surface area contributed by atoms with E-state index >= 15 is 0 Å². The molecule has 3 heterocycles. The molecule has 3 aromatic rings. The molecule has 0 saturated carbocycles. The second-order valence-corrected chi connectivity index (χ2v) is 4.99. The summed E-state index contributed by atoms with van der Waals surface area (Å²) in [7, 11) is 0. The zero-order valence-corrected chi connectivity index (χ0v) is 11.9. The number of hydrogen-bond acceptors (Lipinski definition) is 4. The van der Waals surface area contributed by atoms with Crippen molar-refractivity contribution in [3.8, 4) is 11.4 Å². The number of aryl methyl sites for hydroxylation is 1. The standard InChI is InChI=1S/C11H8BrClN4O/c1-5-6(2)10-14-15-11(17(10)16-9(5)13)7-3-4-18-8(7)12/h3-4H,1-2H3. The number of aromatic nitrogens is 4. The van der Waals surface area contributed by atoms with E-state index in [1.807, 2.05) is 13.8 Å². The molecule has 0 atom stereocenters. The summed E-state index contributed by atoms with van der Waals surface area (Å²) >= 11 is 9.42. The van der Waals surface area contributed by atoms with Gasteiger partial charge in [-0.1, -0.05) is 11.6 Å². The van der Waals surface area contributed by atoms with Crippen LogP contribution in [0.5, 0.6) is 0 Å². The van der Waals surface area contributed by atoms with Crippen LogP contribution < -0.4 is 0 Å². The fourth-order valence-electron chi connectivity index (χ4n) is 1.71. The van der Waals surface area contributed by atoms with Gasteiger partial charge in [0, 0.05) is 5.56 Å². The molecule has 0 saturated heterocycles. The van der Waals surface area contributed by atoms with Gasteiger partial charge >= 0.3 is 0 Å². The second kappa shape index (κ2) is 4.07. The Labute approximate surface area is 116 Å². The summed E-state index contributed by atoms with van der Waals surface area (Å²) in [6.45, 7) is 3.86. The maximum atomic E-state index is 6.10. The normalized spacial score (nSPS) is 11.3. The maximum Gasteiger partial charge on any atom is 0.189 e. The average molecular weight is 328 g/mol. The molecule has 0 unspecified atom stereocenters. The summed E-state index contributed by atoms with van der Waals surface area (Å²) in [6, 6.07) is 1.80. The van der Waals surface area contributed by atoms with Gasteiger partial charge in [0.15, 0.2) is 21.3 Å². The molecule has 0 bridgehead atoms. The number of nitrogens with zero attached hydrogens (tertiary/aromatic N) is 4. The van der Waals surface area contributed by atoms with Crippen molar-refractivity contribution in [3.05, 3.63) is 33.3 Å². The molecule has 0 aliphatic carbocycles. The SMILES string of the molecule is Cc1c(Cl)nn2c(-c3ccoc3Br)nnc2c1C. The molecule has 0 amide bonds. The van der Waals surface area contributed by atoms with E-state index < -0.39 is 0 Å². The first kappa shape index (κ1) is 11.7. The summed E-state index contributed by atoms with van der Waals surface area (Å²) in [5, 5.41) is 13.0. The van der Waals surface area contributed by atoms with Crippen molar-refractivity contribution >= 4 is 33.2 Å². The molecule has 18 heavy (non-hydrogen) atoms. The summed E-state index contributed by atoms with van der Waals surface area (Å²) in [5.41, 5.74) is 3.36. The van der Waals surface area contributed by atoms with Crippen LogP contribution in [0.2, 0.25) is 5.15 Å². The molecule has 0 radical (unpaired) electrons. The van der Waals surface area contributed by atoms with Crippen molar-refractivity contribution < 1.29 is 4.42 Å². The third-order valence-corrected chi connectivity index (χ3v) is 3.87. The lowest BCUT2D eigenvalue weighted by Gasteiger charge is -2.04. The predicted octanol–water partition coefficient (Wildman–Crippen LogP) is 3.42. The number of fused-ring (bicyclic) bond motifs is 1. The zero-order chi connectivity index (χ0) is 12.9. The Bertz CT molecular complexity index is 749. The van der Waals surface area contributed by atoms with Gasteiger partial charge in [-0.3, -0.25) is 0 Å². The van der Waals surface area contributed by atoms with Crippen LogP contribution in [-0.4, -0.2) is 19.8 Å². The van der Waals surface area contributed by atoms with Gasteiger partial charge in [-0.15, -0.1) is 10.2 Å². The van der Waals surface area contributed by atoms with Crippen molar-refractivity contribution in [1.82, 2.24) is 19.8 Å². The third-order valence-electron chi connectivity index (χ3n) is 2.89. The molecule has 0 N–H and O–H groups in total. The van der Waals surface area contributed by atoms with E-state index in [4.69, 9.17) is 16.0 Å². The van der Waals surface area contributed by atoms with Gasteiger partial charge in [-0.05, 0) is 41.4 Å². The minimum absolute atomic E-state index is 0.445. The predicted molar refractivity (Wildman–Crippen MR) is 70.7 cm³/mol. The summed E-state index contributed by atoms with van der Waals surface area (Å²) in [4.78, 5) is 0. The quantitative estimate of drug-likeness (QED) is 0.687. The van der Waals surface area contributed by atoms with Crippen LogP contribution in [0, 0.1) is 13.8 Å². The monoisotopic (exact) mass is 326 g/mol. The first-order valence-electron chi connectivity index (χ1n) is 5.21. The van der Waals surface area contributed by atoms with Crippen LogP contribution in [-0.2, 0) is 0 Å². The Morgan fingerprint density at radius 3 is 2.72 bits per heavy atom. The molecule has 0 spiro atoms. The van der Waals surface area contributed by atoms with E-state index in [0.29, 0.717) is 21.3 Å². The zero-order valence-electron chi connectivity index (χ0n) is 9.61. The minimum Gasteiger partial charge on any atom is -0.457 e. The van der Waals surface area contributed by atoms with Gasteiger partial charge in [-0.2, -0.15) is 9.61 Å². The molecule has 5 nitrogen and oxygen atoms in total. The van der Waals surface area contributed by atoms with Crippen molar-refractivity contribution in [2.75, 3.05) is 0 Å². The number of halogens is 2. The van der Waals surface area contributed by atoms with Crippen LogP contribution in [0.25, 0.3) is 17.0 Å². The lowest BCUT2D eigenvalue weighted by molar-refractivity contribution is 0.542. The number of furan rings is 1. The Morgan fingerprint density at radius 2 is 2.06 bits per heavy atom. The fraction of sp³-hybridized carbons (Fsp3) is 0.182. The van der Waals surface area contributed by atoms with E-state index in [1.165, 1.54) is 0 Å². The van der Waals surface area contributed by atoms with Crippen LogP contribution in [0.4, 0.5) is 0 Å². The van der Waals surface area contributed by atoms with Crippen LogP contribution >= 0.6 is 27.5 Å². The molecule has 3 rings (SSSR count). The van der Waals surface area contributed by atoms with Crippen LogP contribution in [0.3, 0.4) is 0 Å². The summed E-state index contributed by atoms with van der Waals surface area (Å²) in [6.07, 6.45) is 1.57. The molecule has 0 aliphatic heterocycles. The van der Waals surface area contributed by atoms with Crippen molar-refractivity contribution in [1.29, 1.82) is 0 Å². The van der Waals surface area contributed by atoms with Gasteiger partial charge in [-0.25, -0.2) is 0 Å².